The number of likely N-dealkylation sites (tertiary alicyclic amines) is 1. The predicted octanol–water partition coefficient (Wildman–Crippen LogP) is 0.743. The molecule has 6 heteroatoms. The van der Waals surface area contributed by atoms with Crippen LogP contribution in [-0.2, 0) is 11.3 Å². The zero-order chi connectivity index (χ0) is 15.9. The van der Waals surface area contributed by atoms with Crippen molar-refractivity contribution in [3.63, 3.8) is 0 Å². The summed E-state index contributed by atoms with van der Waals surface area (Å²) in [5.41, 5.74) is 6.84. The summed E-state index contributed by atoms with van der Waals surface area (Å²) in [7, 11) is 3.20. The Hall–Kier alpha value is -1.79. The maximum Gasteiger partial charge on any atom is 0.234 e. The van der Waals surface area contributed by atoms with Crippen molar-refractivity contribution in [3.05, 3.63) is 23.8 Å². The molecule has 3 N–H and O–H groups in total. The lowest BCUT2D eigenvalue weighted by Crippen LogP contribution is -2.44. The summed E-state index contributed by atoms with van der Waals surface area (Å²) in [4.78, 5) is 14.1. The number of nitrogens with zero attached hydrogens (tertiary/aromatic N) is 1. The van der Waals surface area contributed by atoms with Crippen LogP contribution in [0.4, 0.5) is 0 Å². The molecule has 0 bridgehead atoms. The quantitative estimate of drug-likeness (QED) is 0.811. The molecule has 2 rings (SSSR count). The van der Waals surface area contributed by atoms with E-state index in [2.05, 4.69) is 10.2 Å². The maximum atomic E-state index is 12.0. The second-order valence-electron chi connectivity index (χ2n) is 5.58. The second-order valence-corrected chi connectivity index (χ2v) is 5.58. The van der Waals surface area contributed by atoms with E-state index in [0.29, 0.717) is 24.6 Å². The van der Waals surface area contributed by atoms with Gasteiger partial charge in [-0.1, -0.05) is 6.07 Å². The molecule has 0 spiro atoms. The van der Waals surface area contributed by atoms with Crippen molar-refractivity contribution in [3.8, 4) is 11.5 Å². The zero-order valence-corrected chi connectivity index (χ0v) is 13.3. The maximum absolute atomic E-state index is 12.0. The van der Waals surface area contributed by atoms with Gasteiger partial charge in [0.1, 0.15) is 0 Å². The van der Waals surface area contributed by atoms with Gasteiger partial charge < -0.3 is 20.5 Å². The zero-order valence-electron chi connectivity index (χ0n) is 13.3. The van der Waals surface area contributed by atoms with Gasteiger partial charge in [-0.15, -0.1) is 0 Å². The predicted molar refractivity (Wildman–Crippen MR) is 85.0 cm³/mol. The van der Waals surface area contributed by atoms with Gasteiger partial charge in [0.05, 0.1) is 20.8 Å². The fourth-order valence-corrected chi connectivity index (χ4v) is 2.56. The van der Waals surface area contributed by atoms with Gasteiger partial charge in [0.25, 0.3) is 0 Å². The van der Waals surface area contributed by atoms with Gasteiger partial charge in [0, 0.05) is 25.7 Å². The Labute approximate surface area is 131 Å². The van der Waals surface area contributed by atoms with Crippen molar-refractivity contribution >= 4 is 5.91 Å². The molecule has 0 saturated carbocycles. The number of rotatable bonds is 6. The average molecular weight is 307 g/mol. The smallest absolute Gasteiger partial charge is 0.234 e. The van der Waals surface area contributed by atoms with E-state index < -0.39 is 0 Å². The molecule has 0 radical (unpaired) electrons. The van der Waals surface area contributed by atoms with E-state index in [4.69, 9.17) is 15.2 Å². The third-order valence-corrected chi connectivity index (χ3v) is 3.94. The molecule has 0 aromatic heterocycles. The van der Waals surface area contributed by atoms with Crippen LogP contribution in [0.25, 0.3) is 0 Å². The molecule has 1 amide bonds. The van der Waals surface area contributed by atoms with Crippen LogP contribution in [0, 0.1) is 0 Å². The Balaban J connectivity index is 1.81. The molecule has 6 nitrogen and oxygen atoms in total. The summed E-state index contributed by atoms with van der Waals surface area (Å²) in [6.45, 7) is 2.70. The number of carbonyl (C=O) groups excluding carboxylic acids is 1. The van der Waals surface area contributed by atoms with Crippen LogP contribution >= 0.6 is 0 Å². The van der Waals surface area contributed by atoms with Crippen molar-refractivity contribution < 1.29 is 14.3 Å². The molecule has 1 aliphatic rings. The van der Waals surface area contributed by atoms with Crippen molar-refractivity contribution in [2.75, 3.05) is 33.9 Å². The third kappa shape index (κ3) is 4.61. The summed E-state index contributed by atoms with van der Waals surface area (Å²) in [6, 6.07) is 5.92. The fourth-order valence-electron chi connectivity index (χ4n) is 2.56. The SMILES string of the molecule is COc1ccc(CNC(=O)CN2CCC(N)CC2)cc1OC. The Morgan fingerprint density at radius 1 is 1.27 bits per heavy atom. The van der Waals surface area contributed by atoms with Crippen molar-refractivity contribution in [1.82, 2.24) is 10.2 Å². The number of amides is 1. The van der Waals surface area contributed by atoms with E-state index in [1.807, 2.05) is 18.2 Å². The van der Waals surface area contributed by atoms with Crippen LogP contribution in [0.2, 0.25) is 0 Å². The summed E-state index contributed by atoms with van der Waals surface area (Å²) < 4.78 is 10.5. The van der Waals surface area contributed by atoms with Gasteiger partial charge in [-0.2, -0.15) is 0 Å². The normalized spacial score (nSPS) is 16.3. The van der Waals surface area contributed by atoms with Gasteiger partial charge in [-0.05, 0) is 30.5 Å². The highest BCUT2D eigenvalue weighted by molar-refractivity contribution is 5.78. The third-order valence-electron chi connectivity index (χ3n) is 3.94. The van der Waals surface area contributed by atoms with Crippen molar-refractivity contribution in [2.24, 2.45) is 5.73 Å². The van der Waals surface area contributed by atoms with Gasteiger partial charge in [-0.3, -0.25) is 9.69 Å². The minimum Gasteiger partial charge on any atom is -0.493 e. The number of piperidine rings is 1. The number of nitrogens with one attached hydrogen (secondary N) is 1. The number of hydrogen-bond donors (Lipinski definition) is 2. The largest absolute Gasteiger partial charge is 0.493 e. The van der Waals surface area contributed by atoms with E-state index >= 15 is 0 Å². The minimum absolute atomic E-state index is 0.0326. The first-order valence-corrected chi connectivity index (χ1v) is 7.58. The summed E-state index contributed by atoms with van der Waals surface area (Å²) in [5, 5.41) is 2.94. The summed E-state index contributed by atoms with van der Waals surface area (Å²) in [6.07, 6.45) is 1.92. The van der Waals surface area contributed by atoms with Crippen LogP contribution in [-0.4, -0.2) is 50.7 Å². The molecule has 1 saturated heterocycles. The molecule has 1 fully saturated rings. The molecule has 0 unspecified atom stereocenters. The van der Waals surface area contributed by atoms with Gasteiger partial charge in [-0.25, -0.2) is 0 Å². The van der Waals surface area contributed by atoms with Crippen LogP contribution in [0.1, 0.15) is 18.4 Å². The first kappa shape index (κ1) is 16.6. The molecular weight excluding hydrogens is 282 g/mol. The fraction of sp³-hybridized carbons (Fsp3) is 0.562. The monoisotopic (exact) mass is 307 g/mol. The molecule has 1 aliphatic heterocycles. The number of benzene rings is 1. The average Bonchev–Trinajstić information content (AvgIpc) is 2.54. The van der Waals surface area contributed by atoms with E-state index in [1.54, 1.807) is 14.2 Å². The highest BCUT2D eigenvalue weighted by atomic mass is 16.5. The number of ether oxygens (including phenoxy) is 2. The molecule has 1 aromatic rings. The minimum atomic E-state index is 0.0326. The molecule has 122 valence electrons. The summed E-state index contributed by atoms with van der Waals surface area (Å²) >= 11 is 0. The standard InChI is InChI=1S/C16H25N3O3/c1-21-14-4-3-12(9-15(14)22-2)10-18-16(20)11-19-7-5-13(17)6-8-19/h3-4,9,13H,5-8,10-11,17H2,1-2H3,(H,18,20). The van der Waals surface area contributed by atoms with Gasteiger partial charge in [0.2, 0.25) is 5.91 Å². The van der Waals surface area contributed by atoms with Crippen LogP contribution in [0.15, 0.2) is 18.2 Å². The topological polar surface area (TPSA) is 76.8 Å². The lowest BCUT2D eigenvalue weighted by molar-refractivity contribution is -0.122. The van der Waals surface area contributed by atoms with E-state index in [1.165, 1.54) is 0 Å². The van der Waals surface area contributed by atoms with Crippen LogP contribution < -0.4 is 20.5 Å². The van der Waals surface area contributed by atoms with E-state index in [-0.39, 0.29) is 11.9 Å². The molecule has 0 aliphatic carbocycles. The Morgan fingerprint density at radius 2 is 1.95 bits per heavy atom. The Bertz CT molecular complexity index is 499. The van der Waals surface area contributed by atoms with E-state index in [9.17, 15) is 4.79 Å². The first-order chi connectivity index (χ1) is 10.6. The number of nitrogens with two attached hydrogens (primary N) is 1. The highest BCUT2D eigenvalue weighted by Gasteiger charge is 2.18. The lowest BCUT2D eigenvalue weighted by atomic mass is 10.1. The molecule has 1 heterocycles. The number of hydrogen-bond acceptors (Lipinski definition) is 5. The Kier molecular flexibility index (Phi) is 6.03. The molecule has 1 aromatic carbocycles. The first-order valence-electron chi connectivity index (χ1n) is 7.58. The molecule has 22 heavy (non-hydrogen) atoms. The number of methoxy groups -OCH3 is 2. The Morgan fingerprint density at radius 3 is 2.59 bits per heavy atom. The van der Waals surface area contributed by atoms with Crippen molar-refractivity contribution in [2.45, 2.75) is 25.4 Å². The second kappa shape index (κ2) is 8.00. The summed E-state index contributed by atoms with van der Waals surface area (Å²) in [5.74, 6) is 1.38. The molecule has 0 atom stereocenters. The molecular formula is C16H25N3O3. The van der Waals surface area contributed by atoms with E-state index in [0.717, 1.165) is 31.5 Å². The van der Waals surface area contributed by atoms with Gasteiger partial charge >= 0.3 is 0 Å². The lowest BCUT2D eigenvalue weighted by Gasteiger charge is -2.29. The van der Waals surface area contributed by atoms with Crippen molar-refractivity contribution in [1.29, 1.82) is 0 Å². The highest BCUT2D eigenvalue weighted by Crippen LogP contribution is 2.27. The van der Waals surface area contributed by atoms with Crippen LogP contribution in [0.5, 0.6) is 11.5 Å². The van der Waals surface area contributed by atoms with Crippen LogP contribution in [0.3, 0.4) is 0 Å². The van der Waals surface area contributed by atoms with Gasteiger partial charge in [0.15, 0.2) is 11.5 Å². The number of carbonyl (C=O) groups is 1.